The molecule has 0 rings (SSSR count). The van der Waals surface area contributed by atoms with E-state index in [1.54, 1.807) is 0 Å². The van der Waals surface area contributed by atoms with Crippen molar-refractivity contribution in [1.29, 1.82) is 0 Å². The average molecular weight is 219 g/mol. The van der Waals surface area contributed by atoms with Crippen molar-refractivity contribution in [1.82, 2.24) is 0 Å². The molecule has 0 aromatic carbocycles. The van der Waals surface area contributed by atoms with Gasteiger partial charge in [-0.1, -0.05) is 0 Å². The van der Waals surface area contributed by atoms with Crippen molar-refractivity contribution in [2.24, 2.45) is 5.73 Å². The highest BCUT2D eigenvalue weighted by Crippen LogP contribution is 2.15. The lowest BCUT2D eigenvalue weighted by Crippen LogP contribution is -2.35. The molecule has 78 valence electrons. The molecule has 0 spiro atoms. The van der Waals surface area contributed by atoms with Gasteiger partial charge in [-0.15, -0.1) is 0 Å². The van der Waals surface area contributed by atoms with Crippen LogP contribution in [0, 0.1) is 0 Å². The number of carbonyl (C=O) groups excluding carboxylic acids is 1. The van der Waals surface area contributed by atoms with E-state index < -0.39 is 17.4 Å². The Morgan fingerprint density at radius 1 is 1.46 bits per heavy atom. The molecule has 0 heterocycles. The molecule has 5 heteroatoms. The first-order valence-corrected chi connectivity index (χ1v) is 10.7. The van der Waals surface area contributed by atoms with Crippen LogP contribution in [-0.4, -0.2) is 23.3 Å². The van der Waals surface area contributed by atoms with Gasteiger partial charge in [0.15, 0.2) is 17.4 Å². The van der Waals surface area contributed by atoms with Crippen molar-refractivity contribution in [2.75, 3.05) is 0 Å². The van der Waals surface area contributed by atoms with Crippen molar-refractivity contribution in [3.05, 3.63) is 0 Å². The minimum absolute atomic E-state index is 0.202. The Bertz CT molecular complexity index is 172. The summed E-state index contributed by atoms with van der Waals surface area (Å²) < 4.78 is 5.95. The van der Waals surface area contributed by atoms with Crippen LogP contribution in [-0.2, 0) is 8.91 Å². The van der Waals surface area contributed by atoms with Crippen LogP contribution in [0.3, 0.4) is 0 Å². The van der Waals surface area contributed by atoms with Crippen molar-refractivity contribution < 1.29 is 8.91 Å². The summed E-state index contributed by atoms with van der Waals surface area (Å²) in [6.45, 7) is 8.79. The van der Waals surface area contributed by atoms with Crippen LogP contribution < -0.4 is 5.73 Å². The van der Waals surface area contributed by atoms with Gasteiger partial charge in [-0.25, -0.2) is 0 Å². The first-order valence-electron chi connectivity index (χ1n) is 4.79. The van der Waals surface area contributed by atoms with E-state index in [4.69, 9.17) is 9.85 Å². The zero-order valence-electron chi connectivity index (χ0n) is 9.09. The first kappa shape index (κ1) is 12.9. The Morgan fingerprint density at radius 2 is 2.00 bits per heavy atom. The maximum absolute atomic E-state index is 10.5. The standard InChI is InChI=1S/C8H21NO2Si2/c1-12(2)11-13(3,4)7-5-6-8(9)10/h12H,5-7H2,1-4H3,(H2,9,10). The van der Waals surface area contributed by atoms with Crippen molar-refractivity contribution in [2.45, 2.75) is 45.1 Å². The summed E-state index contributed by atoms with van der Waals surface area (Å²) in [6, 6.07) is 1.04. The minimum Gasteiger partial charge on any atom is -0.458 e. The topological polar surface area (TPSA) is 52.3 Å². The second kappa shape index (κ2) is 5.56. The minimum atomic E-state index is -1.48. The first-order chi connectivity index (χ1) is 5.83. The van der Waals surface area contributed by atoms with E-state index >= 15 is 0 Å². The highest BCUT2D eigenvalue weighted by molar-refractivity contribution is 6.77. The molecule has 0 unspecified atom stereocenters. The molecule has 0 bridgehead atoms. The lowest BCUT2D eigenvalue weighted by Gasteiger charge is -2.25. The fourth-order valence-electron chi connectivity index (χ4n) is 1.39. The fourth-order valence-corrected chi connectivity index (χ4v) is 7.99. The Morgan fingerprint density at radius 3 is 2.38 bits per heavy atom. The number of primary amides is 1. The van der Waals surface area contributed by atoms with E-state index in [2.05, 4.69) is 26.2 Å². The summed E-state index contributed by atoms with van der Waals surface area (Å²) in [5, 5.41) is 0. The molecule has 0 saturated carbocycles. The SMILES string of the molecule is C[SiH](C)O[Si](C)(C)CCCC(N)=O. The summed E-state index contributed by atoms with van der Waals surface area (Å²) >= 11 is 0. The average Bonchev–Trinajstić information content (AvgIpc) is 1.81. The zero-order chi connectivity index (χ0) is 10.5. The van der Waals surface area contributed by atoms with Crippen molar-refractivity contribution in [3.8, 4) is 0 Å². The largest absolute Gasteiger partial charge is 0.458 e. The lowest BCUT2D eigenvalue weighted by molar-refractivity contribution is -0.118. The van der Waals surface area contributed by atoms with Crippen LogP contribution in [0.5, 0.6) is 0 Å². The second-order valence-electron chi connectivity index (χ2n) is 4.25. The molecule has 13 heavy (non-hydrogen) atoms. The van der Waals surface area contributed by atoms with Crippen LogP contribution in [0.4, 0.5) is 0 Å². The third-order valence-corrected chi connectivity index (χ3v) is 7.75. The monoisotopic (exact) mass is 219 g/mol. The Kier molecular flexibility index (Phi) is 5.51. The quantitative estimate of drug-likeness (QED) is 0.688. The molecule has 0 aromatic rings. The van der Waals surface area contributed by atoms with Gasteiger partial charge < -0.3 is 9.85 Å². The molecule has 0 aliphatic rings. The molecule has 0 fully saturated rings. The second-order valence-corrected chi connectivity index (χ2v) is 11.3. The number of amides is 1. The van der Waals surface area contributed by atoms with Gasteiger partial charge in [-0.05, 0) is 38.7 Å². The van der Waals surface area contributed by atoms with E-state index in [1.807, 2.05) is 0 Å². The van der Waals surface area contributed by atoms with Gasteiger partial charge in [-0.2, -0.15) is 0 Å². The molecule has 0 saturated heterocycles. The molecule has 0 aliphatic carbocycles. The lowest BCUT2D eigenvalue weighted by atomic mass is 10.3. The fraction of sp³-hybridized carbons (Fsp3) is 0.875. The maximum atomic E-state index is 10.5. The van der Waals surface area contributed by atoms with E-state index in [0.29, 0.717) is 6.42 Å². The summed E-state index contributed by atoms with van der Waals surface area (Å²) in [5.74, 6) is -0.202. The third-order valence-electron chi connectivity index (χ3n) is 1.76. The van der Waals surface area contributed by atoms with Gasteiger partial charge in [0, 0.05) is 6.42 Å². The summed E-state index contributed by atoms with van der Waals surface area (Å²) in [4.78, 5) is 10.5. The molecular weight excluding hydrogens is 198 g/mol. The molecule has 0 radical (unpaired) electrons. The van der Waals surface area contributed by atoms with E-state index in [1.165, 1.54) is 0 Å². The van der Waals surface area contributed by atoms with Crippen LogP contribution in [0.2, 0.25) is 32.2 Å². The molecule has 0 aliphatic heterocycles. The zero-order valence-corrected chi connectivity index (χ0v) is 11.2. The molecule has 0 atom stereocenters. The highest BCUT2D eigenvalue weighted by atomic mass is 28.4. The van der Waals surface area contributed by atoms with Crippen molar-refractivity contribution in [3.63, 3.8) is 0 Å². The Hall–Kier alpha value is -0.136. The van der Waals surface area contributed by atoms with Crippen LogP contribution in [0.15, 0.2) is 0 Å². The van der Waals surface area contributed by atoms with Gasteiger partial charge in [0.1, 0.15) is 0 Å². The highest BCUT2D eigenvalue weighted by Gasteiger charge is 2.22. The number of hydrogen-bond acceptors (Lipinski definition) is 2. The van der Waals surface area contributed by atoms with Gasteiger partial charge >= 0.3 is 0 Å². The number of carbonyl (C=O) groups is 1. The smallest absolute Gasteiger partial charge is 0.217 e. The van der Waals surface area contributed by atoms with Gasteiger partial charge in [0.2, 0.25) is 5.91 Å². The summed E-state index contributed by atoms with van der Waals surface area (Å²) in [7, 11) is -2.40. The molecule has 2 N–H and O–H groups in total. The molecular formula is C8H21NO2Si2. The van der Waals surface area contributed by atoms with E-state index in [-0.39, 0.29) is 5.91 Å². The number of hydrogen-bond donors (Lipinski definition) is 1. The molecule has 0 aromatic heterocycles. The maximum Gasteiger partial charge on any atom is 0.217 e. The third kappa shape index (κ3) is 8.20. The van der Waals surface area contributed by atoms with Crippen molar-refractivity contribution >= 4 is 23.3 Å². The van der Waals surface area contributed by atoms with Crippen LogP contribution >= 0.6 is 0 Å². The Labute approximate surface area is 83.5 Å². The van der Waals surface area contributed by atoms with Gasteiger partial charge in [0.25, 0.3) is 0 Å². The Balaban J connectivity index is 3.68. The number of nitrogens with two attached hydrogens (primary N) is 1. The van der Waals surface area contributed by atoms with E-state index in [0.717, 1.165) is 12.5 Å². The van der Waals surface area contributed by atoms with E-state index in [9.17, 15) is 4.79 Å². The number of rotatable bonds is 6. The molecule has 1 amide bonds. The predicted octanol–water partition coefficient (Wildman–Crippen LogP) is 1.46. The van der Waals surface area contributed by atoms with Gasteiger partial charge in [0.05, 0.1) is 0 Å². The van der Waals surface area contributed by atoms with Crippen LogP contribution in [0.25, 0.3) is 0 Å². The normalized spacial score (nSPS) is 12.1. The predicted molar refractivity (Wildman–Crippen MR) is 60.7 cm³/mol. The summed E-state index contributed by atoms with van der Waals surface area (Å²) in [6.07, 6.45) is 1.38. The summed E-state index contributed by atoms with van der Waals surface area (Å²) in [5.41, 5.74) is 5.07. The van der Waals surface area contributed by atoms with Gasteiger partial charge in [-0.3, -0.25) is 4.79 Å². The molecule has 3 nitrogen and oxygen atoms in total. The van der Waals surface area contributed by atoms with Crippen LogP contribution in [0.1, 0.15) is 12.8 Å².